The summed E-state index contributed by atoms with van der Waals surface area (Å²) in [6.07, 6.45) is 3.68. The van der Waals surface area contributed by atoms with E-state index in [1.807, 2.05) is 6.92 Å². The molecular formula is C24H40O11S2. The number of carbonyl (C=O) groups is 1. The van der Waals surface area contributed by atoms with E-state index in [9.17, 15) is 36.9 Å². The predicted molar refractivity (Wildman–Crippen MR) is 130 cm³/mol. The monoisotopic (exact) mass is 568 g/mol. The highest BCUT2D eigenvalue weighted by molar-refractivity contribution is 7.95. The van der Waals surface area contributed by atoms with Crippen molar-refractivity contribution in [1.82, 2.24) is 0 Å². The van der Waals surface area contributed by atoms with Crippen LogP contribution in [0.5, 0.6) is 0 Å². The molecule has 4 rings (SSSR count). The average Bonchev–Trinajstić information content (AvgIpc) is 3.10. The van der Waals surface area contributed by atoms with Gasteiger partial charge in [-0.25, -0.2) is 0 Å². The number of fused-ring (bicyclic) bond motifs is 5. The molecular weight excluding hydrogens is 528 g/mol. The standard InChI is InChI=1S/C24H40O11S2/c1-13(4-7-21(28)34-37(32,33)35-36(29,30)31)16-5-6-17-22-18(12-20(27)24(16,17)3)23(2)9-8-15(25)10-14(23)11-19(22)26/h13-20,22,25-27H,4-12H2,1-3H3,(H,29,30,31). The summed E-state index contributed by atoms with van der Waals surface area (Å²) < 4.78 is 60.2. The summed E-state index contributed by atoms with van der Waals surface area (Å²) in [5.74, 6) is -0.726. The normalized spacial score (nSPS) is 44.8. The third kappa shape index (κ3) is 5.46. The second kappa shape index (κ2) is 9.97. The Morgan fingerprint density at radius 1 is 1.00 bits per heavy atom. The molecule has 4 aliphatic carbocycles. The first-order valence-corrected chi connectivity index (χ1v) is 15.9. The molecule has 0 aliphatic heterocycles. The van der Waals surface area contributed by atoms with E-state index in [1.165, 1.54) is 0 Å². The van der Waals surface area contributed by atoms with E-state index in [0.29, 0.717) is 19.3 Å². The number of hydrogen-bond acceptors (Lipinski definition) is 10. The molecule has 0 amide bonds. The number of carbonyl (C=O) groups excluding carboxylic acids is 1. The molecule has 0 aromatic rings. The molecule has 0 aromatic heterocycles. The summed E-state index contributed by atoms with van der Waals surface area (Å²) in [5, 5.41) is 33.2. The average molecular weight is 569 g/mol. The summed E-state index contributed by atoms with van der Waals surface area (Å²) >= 11 is 0. The quantitative estimate of drug-likeness (QED) is 0.329. The lowest BCUT2D eigenvalue weighted by molar-refractivity contribution is -0.207. The molecule has 0 spiro atoms. The summed E-state index contributed by atoms with van der Waals surface area (Å²) in [5.41, 5.74) is -0.516. The van der Waals surface area contributed by atoms with Crippen molar-refractivity contribution in [3.63, 3.8) is 0 Å². The minimum absolute atomic E-state index is 0.0258. The van der Waals surface area contributed by atoms with E-state index in [-0.39, 0.29) is 59.9 Å². The fourth-order valence-corrected chi connectivity index (χ4v) is 10.2. The minimum atomic E-state index is -5.35. The number of hydrogen-bond donors (Lipinski definition) is 4. The van der Waals surface area contributed by atoms with Crippen LogP contribution in [-0.4, -0.2) is 61.0 Å². The maximum atomic E-state index is 12.1. The molecule has 0 saturated heterocycles. The van der Waals surface area contributed by atoms with Gasteiger partial charge in [0, 0.05) is 6.42 Å². The lowest BCUT2D eigenvalue weighted by Crippen LogP contribution is -2.62. The van der Waals surface area contributed by atoms with Crippen molar-refractivity contribution in [3.05, 3.63) is 0 Å². The topological polar surface area (TPSA) is 185 Å². The molecule has 11 nitrogen and oxygen atoms in total. The summed E-state index contributed by atoms with van der Waals surface area (Å²) in [6.45, 7) is 6.27. The molecule has 4 saturated carbocycles. The van der Waals surface area contributed by atoms with Crippen LogP contribution < -0.4 is 0 Å². The lowest BCUT2D eigenvalue weighted by atomic mass is 9.43. The third-order valence-corrected chi connectivity index (χ3v) is 12.4. The van der Waals surface area contributed by atoms with Gasteiger partial charge in [-0.05, 0) is 97.7 Å². The van der Waals surface area contributed by atoms with E-state index < -0.39 is 44.4 Å². The van der Waals surface area contributed by atoms with E-state index in [1.54, 1.807) is 0 Å². The highest BCUT2D eigenvalue weighted by Crippen LogP contribution is 2.68. The van der Waals surface area contributed by atoms with Crippen molar-refractivity contribution in [2.45, 2.75) is 96.9 Å². The van der Waals surface area contributed by atoms with Crippen molar-refractivity contribution >= 4 is 26.8 Å². The van der Waals surface area contributed by atoms with E-state index in [0.717, 1.165) is 25.7 Å². The second-order valence-corrected chi connectivity index (χ2v) is 14.8. The minimum Gasteiger partial charge on any atom is -0.393 e. The first-order chi connectivity index (χ1) is 17.0. The molecule has 4 aliphatic rings. The van der Waals surface area contributed by atoms with Gasteiger partial charge >= 0.3 is 26.8 Å². The van der Waals surface area contributed by atoms with Crippen molar-refractivity contribution in [2.75, 3.05) is 0 Å². The molecule has 4 N–H and O–H groups in total. The summed E-state index contributed by atoms with van der Waals surface area (Å²) in [6, 6.07) is 0. The van der Waals surface area contributed by atoms with Crippen LogP contribution in [0.1, 0.15) is 78.6 Å². The van der Waals surface area contributed by atoms with Crippen LogP contribution in [0.25, 0.3) is 0 Å². The third-order valence-electron chi connectivity index (χ3n) is 10.7. The zero-order valence-corrected chi connectivity index (χ0v) is 23.2. The Balaban J connectivity index is 1.45. The van der Waals surface area contributed by atoms with Gasteiger partial charge in [0.15, 0.2) is 0 Å². The van der Waals surface area contributed by atoms with Gasteiger partial charge in [-0.3, -0.25) is 9.35 Å². The van der Waals surface area contributed by atoms with Gasteiger partial charge in [-0.2, -0.15) is 16.8 Å². The fraction of sp³-hybridized carbons (Fsp3) is 0.958. The highest BCUT2D eigenvalue weighted by Gasteiger charge is 2.65. The Kier molecular flexibility index (Phi) is 7.86. The zero-order valence-electron chi connectivity index (χ0n) is 21.5. The molecule has 0 heterocycles. The van der Waals surface area contributed by atoms with Crippen LogP contribution >= 0.6 is 0 Å². The maximum Gasteiger partial charge on any atom is 0.468 e. The fourth-order valence-electron chi connectivity index (χ4n) is 8.95. The van der Waals surface area contributed by atoms with Gasteiger partial charge < -0.3 is 19.5 Å². The van der Waals surface area contributed by atoms with Gasteiger partial charge in [0.2, 0.25) is 0 Å². The Hall–Kier alpha value is -0.830. The van der Waals surface area contributed by atoms with Crippen LogP contribution in [0.3, 0.4) is 0 Å². The Bertz CT molecular complexity index is 1090. The van der Waals surface area contributed by atoms with Crippen LogP contribution in [0, 0.1) is 46.3 Å². The smallest absolute Gasteiger partial charge is 0.393 e. The number of rotatable bonds is 7. The Morgan fingerprint density at radius 2 is 1.68 bits per heavy atom. The molecule has 37 heavy (non-hydrogen) atoms. The molecule has 4 fully saturated rings. The van der Waals surface area contributed by atoms with Gasteiger partial charge in [0.05, 0.1) is 18.3 Å². The molecule has 0 aromatic carbocycles. The number of aliphatic hydroxyl groups is 3. The maximum absolute atomic E-state index is 12.1. The zero-order chi connectivity index (χ0) is 27.6. The van der Waals surface area contributed by atoms with Gasteiger partial charge in [-0.1, -0.05) is 24.4 Å². The van der Waals surface area contributed by atoms with Crippen molar-refractivity contribution in [3.8, 4) is 0 Å². The SMILES string of the molecule is CC(CCC(=O)OS(=O)(=O)OS(=O)(=O)O)C1CCC2C3C(O)CC4CC(O)CCC4(C)C3CC(O)C12C. The lowest BCUT2D eigenvalue weighted by Gasteiger charge is -2.63. The van der Waals surface area contributed by atoms with Crippen LogP contribution in [-0.2, 0) is 33.4 Å². The second-order valence-electron chi connectivity index (χ2n) is 12.4. The summed E-state index contributed by atoms with van der Waals surface area (Å²) in [4.78, 5) is 12.1. The van der Waals surface area contributed by atoms with Crippen molar-refractivity contribution in [2.24, 2.45) is 46.3 Å². The first-order valence-electron chi connectivity index (χ1n) is 13.2. The molecule has 11 atom stereocenters. The molecule has 214 valence electrons. The Labute approximate surface area is 219 Å². The van der Waals surface area contributed by atoms with E-state index in [4.69, 9.17) is 4.55 Å². The largest absolute Gasteiger partial charge is 0.468 e. The van der Waals surface area contributed by atoms with Crippen molar-refractivity contribution < 1.29 is 49.3 Å². The highest BCUT2D eigenvalue weighted by atomic mass is 32.3. The predicted octanol–water partition coefficient (Wildman–Crippen LogP) is 1.97. The van der Waals surface area contributed by atoms with Gasteiger partial charge in [0.25, 0.3) is 0 Å². The van der Waals surface area contributed by atoms with Crippen molar-refractivity contribution in [1.29, 1.82) is 0 Å². The Morgan fingerprint density at radius 3 is 2.32 bits per heavy atom. The van der Waals surface area contributed by atoms with Crippen LogP contribution in [0.2, 0.25) is 0 Å². The molecule has 0 radical (unpaired) electrons. The van der Waals surface area contributed by atoms with E-state index >= 15 is 0 Å². The van der Waals surface area contributed by atoms with Gasteiger partial charge in [-0.15, -0.1) is 0 Å². The first kappa shape index (κ1) is 29.2. The van der Waals surface area contributed by atoms with Crippen LogP contribution in [0.15, 0.2) is 0 Å². The van der Waals surface area contributed by atoms with Crippen LogP contribution in [0.4, 0.5) is 0 Å². The van der Waals surface area contributed by atoms with Gasteiger partial charge in [0.1, 0.15) is 0 Å². The summed E-state index contributed by atoms with van der Waals surface area (Å²) in [7, 11) is -10.6. The van der Waals surface area contributed by atoms with E-state index in [2.05, 4.69) is 21.7 Å². The molecule has 11 unspecified atom stereocenters. The number of aliphatic hydroxyl groups excluding tert-OH is 3. The molecule has 0 bridgehead atoms. The molecule has 13 heteroatoms.